The minimum atomic E-state index is 0.000511. The van der Waals surface area contributed by atoms with Crippen molar-refractivity contribution in [2.75, 3.05) is 13.1 Å². The molecule has 1 aliphatic heterocycles. The van der Waals surface area contributed by atoms with Gasteiger partial charge in [0.1, 0.15) is 17.6 Å². The van der Waals surface area contributed by atoms with Gasteiger partial charge in [-0.15, -0.1) is 10.2 Å². The number of para-hydroxylation sites is 1. The first-order chi connectivity index (χ1) is 16.2. The summed E-state index contributed by atoms with van der Waals surface area (Å²) in [5.74, 6) is 2.59. The predicted molar refractivity (Wildman–Crippen MR) is 122 cm³/mol. The van der Waals surface area contributed by atoms with Gasteiger partial charge in [-0.25, -0.2) is 4.68 Å². The van der Waals surface area contributed by atoms with Crippen molar-refractivity contribution in [3.05, 3.63) is 90.8 Å². The number of aromatic nitrogens is 4. The maximum atomic E-state index is 12.9. The van der Waals surface area contributed by atoms with Crippen LogP contribution in [-0.2, 0) is 0 Å². The van der Waals surface area contributed by atoms with Crippen LogP contribution in [0.15, 0.2) is 85.2 Å². The summed E-state index contributed by atoms with van der Waals surface area (Å²) in [5.41, 5.74) is 0.648. The van der Waals surface area contributed by atoms with Gasteiger partial charge in [-0.1, -0.05) is 18.2 Å². The molecular weight excluding hydrogens is 418 g/mol. The van der Waals surface area contributed by atoms with Crippen LogP contribution in [0.3, 0.4) is 0 Å². The number of benzene rings is 2. The zero-order chi connectivity index (χ0) is 22.5. The third kappa shape index (κ3) is 5.01. The average molecular weight is 441 g/mol. The Kier molecular flexibility index (Phi) is 5.97. The molecule has 0 bridgehead atoms. The molecule has 1 amide bonds. The summed E-state index contributed by atoms with van der Waals surface area (Å²) in [6.07, 6.45) is 4.97. The van der Waals surface area contributed by atoms with Crippen LogP contribution in [0.4, 0.5) is 0 Å². The number of rotatable bonds is 6. The van der Waals surface area contributed by atoms with Gasteiger partial charge in [0.2, 0.25) is 5.88 Å². The van der Waals surface area contributed by atoms with Gasteiger partial charge in [0.25, 0.3) is 5.91 Å². The molecule has 1 saturated heterocycles. The zero-order valence-electron chi connectivity index (χ0n) is 17.9. The lowest BCUT2D eigenvalue weighted by Gasteiger charge is -2.32. The maximum Gasteiger partial charge on any atom is 0.253 e. The lowest BCUT2D eigenvalue weighted by molar-refractivity contribution is 0.0586. The average Bonchev–Trinajstić information content (AvgIpc) is 3.41. The van der Waals surface area contributed by atoms with Crippen molar-refractivity contribution < 1.29 is 14.3 Å². The molecule has 0 spiro atoms. The summed E-state index contributed by atoms with van der Waals surface area (Å²) in [7, 11) is 0. The summed E-state index contributed by atoms with van der Waals surface area (Å²) >= 11 is 0. The van der Waals surface area contributed by atoms with E-state index in [-0.39, 0.29) is 12.0 Å². The van der Waals surface area contributed by atoms with E-state index < -0.39 is 0 Å². The molecule has 8 heteroatoms. The van der Waals surface area contributed by atoms with E-state index in [4.69, 9.17) is 9.47 Å². The Bertz CT molecular complexity index is 1170. The summed E-state index contributed by atoms with van der Waals surface area (Å²) in [6.45, 7) is 1.26. The van der Waals surface area contributed by atoms with Gasteiger partial charge in [0.15, 0.2) is 5.82 Å². The Labute approximate surface area is 191 Å². The van der Waals surface area contributed by atoms with Crippen molar-refractivity contribution >= 4 is 5.91 Å². The van der Waals surface area contributed by atoms with Crippen LogP contribution in [0, 0.1) is 0 Å². The first kappa shape index (κ1) is 20.7. The van der Waals surface area contributed by atoms with Gasteiger partial charge >= 0.3 is 0 Å². The fourth-order valence-corrected chi connectivity index (χ4v) is 3.72. The van der Waals surface area contributed by atoms with Gasteiger partial charge in [-0.05, 0) is 48.5 Å². The minimum Gasteiger partial charge on any atom is -0.473 e. The number of carbonyl (C=O) groups excluding carboxylic acids is 1. The van der Waals surface area contributed by atoms with Gasteiger partial charge in [-0.2, -0.15) is 5.10 Å². The Morgan fingerprint density at radius 3 is 2.27 bits per heavy atom. The number of carbonyl (C=O) groups is 1. The normalized spacial score (nSPS) is 14.1. The van der Waals surface area contributed by atoms with E-state index in [0.29, 0.717) is 36.1 Å². The van der Waals surface area contributed by atoms with Crippen LogP contribution in [0.25, 0.3) is 5.82 Å². The molecular formula is C25H23N5O3. The van der Waals surface area contributed by atoms with Crippen molar-refractivity contribution in [2.24, 2.45) is 0 Å². The maximum absolute atomic E-state index is 12.9. The molecule has 2 aromatic carbocycles. The summed E-state index contributed by atoms with van der Waals surface area (Å²) in [6, 6.07) is 22.3. The molecule has 4 aromatic rings. The first-order valence-electron chi connectivity index (χ1n) is 10.9. The number of nitrogens with zero attached hydrogens (tertiary/aromatic N) is 5. The fourth-order valence-electron chi connectivity index (χ4n) is 3.72. The predicted octanol–water partition coefficient (Wildman–Crippen LogP) is 4.14. The second kappa shape index (κ2) is 9.52. The zero-order valence-corrected chi connectivity index (χ0v) is 17.9. The van der Waals surface area contributed by atoms with E-state index >= 15 is 0 Å². The van der Waals surface area contributed by atoms with Crippen LogP contribution >= 0.6 is 0 Å². The molecule has 3 heterocycles. The summed E-state index contributed by atoms with van der Waals surface area (Å²) in [4.78, 5) is 14.8. The number of hydrogen-bond acceptors (Lipinski definition) is 6. The van der Waals surface area contributed by atoms with E-state index in [1.54, 1.807) is 35.3 Å². The van der Waals surface area contributed by atoms with Crippen LogP contribution in [0.1, 0.15) is 23.2 Å². The molecule has 0 atom stereocenters. The third-order valence-electron chi connectivity index (χ3n) is 5.46. The van der Waals surface area contributed by atoms with Crippen LogP contribution in [0.5, 0.6) is 17.4 Å². The lowest BCUT2D eigenvalue weighted by Crippen LogP contribution is -2.41. The number of likely N-dealkylation sites (tertiary alicyclic amines) is 1. The highest BCUT2D eigenvalue weighted by molar-refractivity contribution is 5.94. The number of ether oxygens (including phenoxy) is 2. The fraction of sp³-hybridized carbons (Fsp3) is 0.200. The summed E-state index contributed by atoms with van der Waals surface area (Å²) in [5, 5.41) is 12.4. The second-order valence-electron chi connectivity index (χ2n) is 7.73. The smallest absolute Gasteiger partial charge is 0.253 e. The van der Waals surface area contributed by atoms with E-state index in [1.807, 2.05) is 59.5 Å². The number of hydrogen-bond donors (Lipinski definition) is 0. The van der Waals surface area contributed by atoms with Crippen molar-refractivity contribution in [1.82, 2.24) is 24.9 Å². The number of amides is 1. The van der Waals surface area contributed by atoms with E-state index in [0.717, 1.165) is 18.6 Å². The van der Waals surface area contributed by atoms with Gasteiger partial charge in [0, 0.05) is 50.0 Å². The van der Waals surface area contributed by atoms with Crippen molar-refractivity contribution in [3.8, 4) is 23.2 Å². The molecule has 33 heavy (non-hydrogen) atoms. The monoisotopic (exact) mass is 441 g/mol. The highest BCUT2D eigenvalue weighted by Gasteiger charge is 2.25. The van der Waals surface area contributed by atoms with Crippen molar-refractivity contribution in [2.45, 2.75) is 18.9 Å². The first-order valence-corrected chi connectivity index (χ1v) is 10.9. The standard InChI is InChI=1S/C25H23N5O3/c31-25(19-7-9-21(10-8-19)32-20-5-2-1-3-6-20)29-17-13-22(14-18-29)33-24-12-11-23(27-28-24)30-16-4-15-26-30/h1-12,15-16,22H,13-14,17-18H2. The second-order valence-corrected chi connectivity index (χ2v) is 7.73. The summed E-state index contributed by atoms with van der Waals surface area (Å²) < 4.78 is 13.4. The van der Waals surface area contributed by atoms with Crippen LogP contribution in [0.2, 0.25) is 0 Å². The molecule has 0 unspecified atom stereocenters. The lowest BCUT2D eigenvalue weighted by atomic mass is 10.1. The Morgan fingerprint density at radius 1 is 0.848 bits per heavy atom. The van der Waals surface area contributed by atoms with Gasteiger partial charge < -0.3 is 14.4 Å². The van der Waals surface area contributed by atoms with Crippen molar-refractivity contribution in [1.29, 1.82) is 0 Å². The Balaban J connectivity index is 1.13. The molecule has 5 rings (SSSR count). The SMILES string of the molecule is O=C(c1ccc(Oc2ccccc2)cc1)N1CCC(Oc2ccc(-n3cccn3)nn2)CC1. The molecule has 0 aliphatic carbocycles. The molecule has 166 valence electrons. The number of piperidine rings is 1. The highest BCUT2D eigenvalue weighted by atomic mass is 16.5. The Morgan fingerprint density at radius 2 is 1.61 bits per heavy atom. The van der Waals surface area contributed by atoms with Crippen molar-refractivity contribution in [3.63, 3.8) is 0 Å². The van der Waals surface area contributed by atoms with Gasteiger partial charge in [0.05, 0.1) is 0 Å². The highest BCUT2D eigenvalue weighted by Crippen LogP contribution is 2.23. The van der Waals surface area contributed by atoms with E-state index in [2.05, 4.69) is 15.3 Å². The molecule has 1 aliphatic rings. The molecule has 8 nitrogen and oxygen atoms in total. The van der Waals surface area contributed by atoms with Crippen LogP contribution in [-0.4, -0.2) is 50.0 Å². The minimum absolute atomic E-state index is 0.000511. The third-order valence-corrected chi connectivity index (χ3v) is 5.46. The quantitative estimate of drug-likeness (QED) is 0.447. The largest absolute Gasteiger partial charge is 0.473 e. The molecule has 0 radical (unpaired) electrons. The molecule has 2 aromatic heterocycles. The van der Waals surface area contributed by atoms with E-state index in [9.17, 15) is 4.79 Å². The van der Waals surface area contributed by atoms with E-state index in [1.165, 1.54) is 0 Å². The molecule has 0 N–H and O–H groups in total. The molecule has 0 saturated carbocycles. The van der Waals surface area contributed by atoms with Gasteiger partial charge in [-0.3, -0.25) is 4.79 Å². The van der Waals surface area contributed by atoms with Crippen LogP contribution < -0.4 is 9.47 Å². The topological polar surface area (TPSA) is 82.4 Å². The molecule has 1 fully saturated rings. The Hall–Kier alpha value is -4.20.